The number of aliphatic carboxylic acids is 1. The van der Waals surface area contributed by atoms with Crippen molar-refractivity contribution in [3.8, 4) is 0 Å². The quantitative estimate of drug-likeness (QED) is 0.870. The third-order valence-electron chi connectivity index (χ3n) is 3.74. The average Bonchev–Trinajstić information content (AvgIpc) is 2.83. The highest BCUT2D eigenvalue weighted by Crippen LogP contribution is 2.24. The van der Waals surface area contributed by atoms with Gasteiger partial charge in [0.1, 0.15) is 5.69 Å². The molecule has 1 aliphatic heterocycles. The maximum absolute atomic E-state index is 12.4. The number of rotatable bonds is 4. The first-order chi connectivity index (χ1) is 9.93. The van der Waals surface area contributed by atoms with Gasteiger partial charge in [0.15, 0.2) is 0 Å². The van der Waals surface area contributed by atoms with Gasteiger partial charge in [-0.05, 0) is 18.4 Å². The van der Waals surface area contributed by atoms with E-state index in [0.29, 0.717) is 13.1 Å². The zero-order chi connectivity index (χ0) is 15.6. The average molecular weight is 293 g/mol. The first-order valence-electron chi connectivity index (χ1n) is 7.04. The van der Waals surface area contributed by atoms with Crippen molar-refractivity contribution in [2.75, 3.05) is 13.1 Å². The van der Waals surface area contributed by atoms with Gasteiger partial charge in [0.2, 0.25) is 0 Å². The summed E-state index contributed by atoms with van der Waals surface area (Å²) in [6, 6.07) is 2.72. The highest BCUT2D eigenvalue weighted by molar-refractivity contribution is 5.92. The van der Waals surface area contributed by atoms with Gasteiger partial charge < -0.3 is 10.0 Å². The van der Waals surface area contributed by atoms with E-state index in [1.165, 1.54) is 21.7 Å². The fraction of sp³-hybridized carbons (Fsp3) is 0.571. The Kier molecular flexibility index (Phi) is 4.40. The lowest BCUT2D eigenvalue weighted by Crippen LogP contribution is -2.33. The minimum Gasteiger partial charge on any atom is -0.481 e. The van der Waals surface area contributed by atoms with E-state index >= 15 is 0 Å². The molecule has 7 heteroatoms. The van der Waals surface area contributed by atoms with Gasteiger partial charge in [0.05, 0.1) is 5.92 Å². The van der Waals surface area contributed by atoms with Crippen molar-refractivity contribution < 1.29 is 14.7 Å². The Balaban J connectivity index is 2.19. The van der Waals surface area contributed by atoms with E-state index in [1.54, 1.807) is 0 Å². The molecule has 7 nitrogen and oxygen atoms in total. The van der Waals surface area contributed by atoms with Crippen LogP contribution in [0.15, 0.2) is 16.9 Å². The first kappa shape index (κ1) is 15.2. The van der Waals surface area contributed by atoms with Gasteiger partial charge in [-0.15, -0.1) is 0 Å². The smallest absolute Gasteiger partial charge is 0.308 e. The maximum atomic E-state index is 12.4. The summed E-state index contributed by atoms with van der Waals surface area (Å²) in [5, 5.41) is 13.2. The molecule has 1 aromatic rings. The topological polar surface area (TPSA) is 92.5 Å². The van der Waals surface area contributed by atoms with Gasteiger partial charge in [-0.25, -0.2) is 4.68 Å². The predicted molar refractivity (Wildman–Crippen MR) is 75.0 cm³/mol. The molecule has 1 saturated heterocycles. The van der Waals surface area contributed by atoms with Gasteiger partial charge in [-0.2, -0.15) is 5.10 Å². The molecule has 0 bridgehead atoms. The fourth-order valence-corrected chi connectivity index (χ4v) is 2.55. The molecule has 2 rings (SSSR count). The van der Waals surface area contributed by atoms with Crippen LogP contribution in [0, 0.1) is 11.8 Å². The van der Waals surface area contributed by atoms with Crippen molar-refractivity contribution in [1.29, 1.82) is 0 Å². The summed E-state index contributed by atoms with van der Waals surface area (Å²) in [5.41, 5.74) is -0.0621. The predicted octanol–water partition coefficient (Wildman–Crippen LogP) is 0.446. The lowest BCUT2D eigenvalue weighted by atomic mass is 9.99. The third kappa shape index (κ3) is 3.12. The van der Waals surface area contributed by atoms with Crippen molar-refractivity contribution in [3.63, 3.8) is 0 Å². The fourth-order valence-electron chi connectivity index (χ4n) is 2.55. The summed E-state index contributed by atoms with van der Waals surface area (Å²) in [7, 11) is 0. The van der Waals surface area contributed by atoms with Gasteiger partial charge in [-0.3, -0.25) is 14.4 Å². The molecular weight excluding hydrogens is 274 g/mol. The van der Waals surface area contributed by atoms with E-state index < -0.39 is 11.9 Å². The van der Waals surface area contributed by atoms with Crippen LogP contribution in [-0.4, -0.2) is 44.8 Å². The molecule has 114 valence electrons. The summed E-state index contributed by atoms with van der Waals surface area (Å²) in [5.74, 6) is -1.85. The van der Waals surface area contributed by atoms with Crippen LogP contribution >= 0.6 is 0 Å². The van der Waals surface area contributed by atoms with E-state index in [9.17, 15) is 14.4 Å². The molecule has 1 N–H and O–H groups in total. The maximum Gasteiger partial charge on any atom is 0.308 e. The number of amides is 1. The van der Waals surface area contributed by atoms with Crippen LogP contribution in [0.1, 0.15) is 30.8 Å². The minimum absolute atomic E-state index is 0.0898. The molecule has 0 radical (unpaired) electrons. The number of carboxylic acid groups (broad SMARTS) is 1. The van der Waals surface area contributed by atoms with Crippen molar-refractivity contribution in [2.24, 2.45) is 11.8 Å². The molecule has 0 aliphatic carbocycles. The number of aryl methyl sites for hydroxylation is 1. The van der Waals surface area contributed by atoms with Crippen LogP contribution in [-0.2, 0) is 11.3 Å². The number of carboxylic acids is 1. The van der Waals surface area contributed by atoms with E-state index in [0.717, 1.165) is 6.42 Å². The lowest BCUT2D eigenvalue weighted by Gasteiger charge is -2.15. The second-order valence-corrected chi connectivity index (χ2v) is 5.41. The molecule has 2 atom stereocenters. The van der Waals surface area contributed by atoms with E-state index in [-0.39, 0.29) is 29.6 Å². The molecule has 0 spiro atoms. The van der Waals surface area contributed by atoms with Crippen molar-refractivity contribution in [1.82, 2.24) is 14.7 Å². The molecule has 2 unspecified atom stereocenters. The van der Waals surface area contributed by atoms with E-state index in [4.69, 9.17) is 5.11 Å². The van der Waals surface area contributed by atoms with E-state index in [2.05, 4.69) is 5.10 Å². The van der Waals surface area contributed by atoms with Crippen molar-refractivity contribution in [2.45, 2.75) is 26.8 Å². The molecule has 0 saturated carbocycles. The largest absolute Gasteiger partial charge is 0.481 e. The van der Waals surface area contributed by atoms with Crippen molar-refractivity contribution >= 4 is 11.9 Å². The standard InChI is InChI=1S/C14H19N3O4/c1-3-6-17-12(18)5-4-11(15-17)13(19)16-7-9(2)10(8-16)14(20)21/h4-5,9-10H,3,6-8H2,1-2H3,(H,20,21). The van der Waals surface area contributed by atoms with Crippen LogP contribution in [0.2, 0.25) is 0 Å². The number of nitrogens with zero attached hydrogens (tertiary/aromatic N) is 3. The zero-order valence-electron chi connectivity index (χ0n) is 12.2. The normalized spacial score (nSPS) is 21.5. The zero-order valence-corrected chi connectivity index (χ0v) is 12.2. The SMILES string of the molecule is CCCn1nc(C(=O)N2CC(C)C(C(=O)O)C2)ccc1=O. The number of likely N-dealkylation sites (tertiary alicyclic amines) is 1. The molecule has 1 aliphatic rings. The molecule has 2 heterocycles. The van der Waals surface area contributed by atoms with Gasteiger partial charge >= 0.3 is 5.97 Å². The Bertz CT molecular complexity index is 610. The number of hydrogen-bond donors (Lipinski definition) is 1. The number of carbonyl (C=O) groups excluding carboxylic acids is 1. The summed E-state index contributed by atoms with van der Waals surface area (Å²) in [6.45, 7) is 4.77. The lowest BCUT2D eigenvalue weighted by molar-refractivity contribution is -0.142. The highest BCUT2D eigenvalue weighted by Gasteiger charge is 2.37. The number of carbonyl (C=O) groups is 2. The Morgan fingerprint density at radius 2 is 2.10 bits per heavy atom. The monoisotopic (exact) mass is 293 g/mol. The molecule has 1 aromatic heterocycles. The second kappa shape index (κ2) is 6.07. The summed E-state index contributed by atoms with van der Waals surface area (Å²) in [4.78, 5) is 36.6. The molecule has 0 aromatic carbocycles. The van der Waals surface area contributed by atoms with E-state index in [1.807, 2.05) is 13.8 Å². The summed E-state index contributed by atoms with van der Waals surface area (Å²) < 4.78 is 1.27. The van der Waals surface area contributed by atoms with Gasteiger partial charge in [-0.1, -0.05) is 13.8 Å². The summed E-state index contributed by atoms with van der Waals surface area (Å²) in [6.07, 6.45) is 0.742. The molecular formula is C14H19N3O4. The number of hydrogen-bond acceptors (Lipinski definition) is 4. The Morgan fingerprint density at radius 3 is 2.67 bits per heavy atom. The highest BCUT2D eigenvalue weighted by atomic mass is 16.4. The van der Waals surface area contributed by atoms with Crippen LogP contribution in [0.5, 0.6) is 0 Å². The van der Waals surface area contributed by atoms with Gasteiger partial charge in [0, 0.05) is 25.7 Å². The molecule has 1 amide bonds. The number of aromatic nitrogens is 2. The van der Waals surface area contributed by atoms with Crippen LogP contribution in [0.25, 0.3) is 0 Å². The Morgan fingerprint density at radius 1 is 1.38 bits per heavy atom. The first-order valence-corrected chi connectivity index (χ1v) is 7.04. The van der Waals surface area contributed by atoms with Crippen LogP contribution < -0.4 is 5.56 Å². The summed E-state index contributed by atoms with van der Waals surface area (Å²) >= 11 is 0. The van der Waals surface area contributed by atoms with Crippen molar-refractivity contribution in [3.05, 3.63) is 28.2 Å². The minimum atomic E-state index is -0.887. The Hall–Kier alpha value is -2.18. The molecule has 1 fully saturated rings. The Labute approximate surface area is 122 Å². The third-order valence-corrected chi connectivity index (χ3v) is 3.74. The van der Waals surface area contributed by atoms with Crippen LogP contribution in [0.3, 0.4) is 0 Å². The van der Waals surface area contributed by atoms with Crippen LogP contribution in [0.4, 0.5) is 0 Å². The second-order valence-electron chi connectivity index (χ2n) is 5.41. The molecule has 21 heavy (non-hydrogen) atoms. The van der Waals surface area contributed by atoms with Gasteiger partial charge in [0.25, 0.3) is 11.5 Å².